The Morgan fingerprint density at radius 2 is 1.83 bits per heavy atom. The minimum Gasteiger partial charge on any atom is -0.497 e. The van der Waals surface area contributed by atoms with Gasteiger partial charge < -0.3 is 20.1 Å². The van der Waals surface area contributed by atoms with Crippen molar-refractivity contribution in [1.82, 2.24) is 15.1 Å². The Kier molecular flexibility index (Phi) is 7.43. The Labute approximate surface area is 174 Å². The number of carbonyl (C=O) groups excluding carboxylic acids is 2. The van der Waals surface area contributed by atoms with Gasteiger partial charge in [-0.1, -0.05) is 30.3 Å². The molecule has 0 bridgehead atoms. The number of amides is 2. The highest BCUT2D eigenvalue weighted by Crippen LogP contribution is 2.12. The van der Waals surface area contributed by atoms with E-state index in [0.29, 0.717) is 12.2 Å². The second-order valence-electron chi connectivity index (χ2n) is 6.51. The third-order valence-corrected chi connectivity index (χ3v) is 4.19. The molecule has 2 amide bonds. The van der Waals surface area contributed by atoms with Crippen LogP contribution in [0.1, 0.15) is 12.0 Å². The molecule has 156 valence electrons. The molecule has 0 aliphatic carbocycles. The number of methoxy groups -OCH3 is 1. The van der Waals surface area contributed by atoms with E-state index in [9.17, 15) is 9.59 Å². The van der Waals surface area contributed by atoms with Crippen LogP contribution in [0.3, 0.4) is 0 Å². The molecule has 0 saturated heterocycles. The maximum atomic E-state index is 12.1. The van der Waals surface area contributed by atoms with Gasteiger partial charge in [0, 0.05) is 12.7 Å². The van der Waals surface area contributed by atoms with Crippen LogP contribution in [-0.2, 0) is 22.7 Å². The number of ether oxygens (including phenoxy) is 2. The molecular weight excluding hydrogens is 384 g/mol. The third kappa shape index (κ3) is 6.66. The summed E-state index contributed by atoms with van der Waals surface area (Å²) in [4.78, 5) is 24.2. The van der Waals surface area contributed by atoms with Gasteiger partial charge in [0.15, 0.2) is 0 Å². The molecular formula is C22H24N4O4. The molecule has 0 atom stereocenters. The van der Waals surface area contributed by atoms with Crippen molar-refractivity contribution in [3.05, 3.63) is 72.6 Å². The first kappa shape index (κ1) is 20.9. The number of aromatic nitrogens is 2. The highest BCUT2D eigenvalue weighted by atomic mass is 16.5. The molecule has 30 heavy (non-hydrogen) atoms. The van der Waals surface area contributed by atoms with Gasteiger partial charge in [0.05, 0.1) is 32.0 Å². The maximum Gasteiger partial charge on any atom is 0.241 e. The van der Waals surface area contributed by atoms with E-state index in [4.69, 9.17) is 9.47 Å². The van der Waals surface area contributed by atoms with Gasteiger partial charge in [0.2, 0.25) is 11.8 Å². The van der Waals surface area contributed by atoms with E-state index < -0.39 is 0 Å². The van der Waals surface area contributed by atoms with Crippen LogP contribution in [0.5, 0.6) is 11.5 Å². The largest absolute Gasteiger partial charge is 0.497 e. The average molecular weight is 408 g/mol. The smallest absolute Gasteiger partial charge is 0.241 e. The van der Waals surface area contributed by atoms with Crippen LogP contribution in [-0.4, -0.2) is 35.3 Å². The van der Waals surface area contributed by atoms with Crippen LogP contribution >= 0.6 is 0 Å². The lowest BCUT2D eigenvalue weighted by Gasteiger charge is -2.07. The van der Waals surface area contributed by atoms with E-state index in [-0.39, 0.29) is 31.4 Å². The van der Waals surface area contributed by atoms with E-state index in [2.05, 4.69) is 15.7 Å². The zero-order chi connectivity index (χ0) is 21.2. The quantitative estimate of drug-likeness (QED) is 0.538. The SMILES string of the molecule is COc1cccc(CNC(=O)Cn2cc(NC(=O)CCOc3ccccc3)cn2)c1. The van der Waals surface area contributed by atoms with E-state index in [1.807, 2.05) is 54.6 Å². The van der Waals surface area contributed by atoms with Crippen molar-refractivity contribution in [2.45, 2.75) is 19.5 Å². The van der Waals surface area contributed by atoms with E-state index in [1.165, 1.54) is 10.9 Å². The van der Waals surface area contributed by atoms with Crippen LogP contribution in [0.2, 0.25) is 0 Å². The van der Waals surface area contributed by atoms with Crippen molar-refractivity contribution in [1.29, 1.82) is 0 Å². The lowest BCUT2D eigenvalue weighted by Crippen LogP contribution is -2.27. The number of nitrogens with one attached hydrogen (secondary N) is 2. The fourth-order valence-electron chi connectivity index (χ4n) is 2.70. The van der Waals surface area contributed by atoms with Crippen molar-refractivity contribution >= 4 is 17.5 Å². The zero-order valence-electron chi connectivity index (χ0n) is 16.7. The predicted octanol–water partition coefficient (Wildman–Crippen LogP) is 2.62. The van der Waals surface area contributed by atoms with Crippen LogP contribution in [0, 0.1) is 0 Å². The number of para-hydroxylation sites is 1. The summed E-state index contributed by atoms with van der Waals surface area (Å²) in [5.41, 5.74) is 1.47. The first-order valence-electron chi connectivity index (χ1n) is 9.52. The highest BCUT2D eigenvalue weighted by molar-refractivity contribution is 5.90. The van der Waals surface area contributed by atoms with E-state index in [1.54, 1.807) is 13.3 Å². The van der Waals surface area contributed by atoms with E-state index >= 15 is 0 Å². The standard InChI is InChI=1S/C22H24N4O4/c1-29-20-9-5-6-17(12-20)13-23-22(28)16-26-15-18(14-24-26)25-21(27)10-11-30-19-7-3-2-4-8-19/h2-9,12,14-15H,10-11,13,16H2,1H3,(H,23,28)(H,25,27). The summed E-state index contributed by atoms with van der Waals surface area (Å²) in [6, 6.07) is 16.8. The monoisotopic (exact) mass is 408 g/mol. The molecule has 3 rings (SSSR count). The van der Waals surface area contributed by atoms with Gasteiger partial charge >= 0.3 is 0 Å². The molecule has 2 aromatic carbocycles. The van der Waals surface area contributed by atoms with Crippen molar-refractivity contribution < 1.29 is 19.1 Å². The predicted molar refractivity (Wildman–Crippen MR) is 112 cm³/mol. The van der Waals surface area contributed by atoms with Gasteiger partial charge in [-0.25, -0.2) is 0 Å². The minimum absolute atomic E-state index is 0.0525. The van der Waals surface area contributed by atoms with Crippen molar-refractivity contribution in [3.8, 4) is 11.5 Å². The number of nitrogens with zero attached hydrogens (tertiary/aromatic N) is 2. The van der Waals surface area contributed by atoms with Gasteiger partial charge in [-0.2, -0.15) is 5.10 Å². The molecule has 0 saturated carbocycles. The minimum atomic E-state index is -0.187. The highest BCUT2D eigenvalue weighted by Gasteiger charge is 2.08. The molecule has 3 aromatic rings. The zero-order valence-corrected chi connectivity index (χ0v) is 16.7. The van der Waals surface area contributed by atoms with Crippen LogP contribution in [0.15, 0.2) is 67.0 Å². The van der Waals surface area contributed by atoms with Gasteiger partial charge in [0.25, 0.3) is 0 Å². The Balaban J connectivity index is 1.39. The summed E-state index contributed by atoms with van der Waals surface area (Å²) < 4.78 is 12.1. The lowest BCUT2D eigenvalue weighted by atomic mass is 10.2. The van der Waals surface area contributed by atoms with Crippen LogP contribution < -0.4 is 20.1 Å². The molecule has 8 heteroatoms. The lowest BCUT2D eigenvalue weighted by molar-refractivity contribution is -0.122. The average Bonchev–Trinajstić information content (AvgIpc) is 3.19. The molecule has 0 unspecified atom stereocenters. The van der Waals surface area contributed by atoms with Crippen molar-refractivity contribution in [2.24, 2.45) is 0 Å². The number of anilines is 1. The second kappa shape index (κ2) is 10.7. The fraction of sp³-hybridized carbons (Fsp3) is 0.227. The first-order chi connectivity index (χ1) is 14.6. The van der Waals surface area contributed by atoms with Crippen molar-refractivity contribution in [2.75, 3.05) is 19.0 Å². The Bertz CT molecular complexity index is 972. The third-order valence-electron chi connectivity index (χ3n) is 4.19. The Morgan fingerprint density at radius 3 is 2.63 bits per heavy atom. The van der Waals surface area contributed by atoms with Gasteiger partial charge in [-0.3, -0.25) is 14.3 Å². The molecule has 0 aliphatic heterocycles. The number of hydrogen-bond donors (Lipinski definition) is 2. The molecule has 2 N–H and O–H groups in total. The van der Waals surface area contributed by atoms with Gasteiger partial charge in [0.1, 0.15) is 18.0 Å². The Morgan fingerprint density at radius 1 is 1.03 bits per heavy atom. The fourth-order valence-corrected chi connectivity index (χ4v) is 2.70. The molecule has 8 nitrogen and oxygen atoms in total. The van der Waals surface area contributed by atoms with E-state index in [0.717, 1.165) is 17.1 Å². The second-order valence-corrected chi connectivity index (χ2v) is 6.51. The summed E-state index contributed by atoms with van der Waals surface area (Å²) in [7, 11) is 1.60. The molecule has 0 fully saturated rings. The molecule has 0 radical (unpaired) electrons. The summed E-state index contributed by atoms with van der Waals surface area (Å²) in [5.74, 6) is 1.09. The molecule has 0 aliphatic rings. The topological polar surface area (TPSA) is 94.5 Å². The number of rotatable bonds is 10. The maximum absolute atomic E-state index is 12.1. The first-order valence-corrected chi connectivity index (χ1v) is 9.52. The molecule has 1 heterocycles. The number of carbonyl (C=O) groups is 2. The van der Waals surface area contributed by atoms with Gasteiger partial charge in [-0.15, -0.1) is 0 Å². The van der Waals surface area contributed by atoms with Crippen molar-refractivity contribution in [3.63, 3.8) is 0 Å². The van der Waals surface area contributed by atoms with Crippen LogP contribution in [0.25, 0.3) is 0 Å². The summed E-state index contributed by atoms with van der Waals surface area (Å²) in [6.07, 6.45) is 3.33. The number of hydrogen-bond acceptors (Lipinski definition) is 5. The number of benzene rings is 2. The van der Waals surface area contributed by atoms with Gasteiger partial charge in [-0.05, 0) is 29.8 Å². The normalized spacial score (nSPS) is 10.3. The van der Waals surface area contributed by atoms with Crippen LogP contribution in [0.4, 0.5) is 5.69 Å². The Hall–Kier alpha value is -3.81. The molecule has 0 spiro atoms. The summed E-state index contributed by atoms with van der Waals surface area (Å²) >= 11 is 0. The summed E-state index contributed by atoms with van der Waals surface area (Å²) in [5, 5.41) is 9.69. The molecule has 1 aromatic heterocycles. The summed E-state index contributed by atoms with van der Waals surface area (Å²) in [6.45, 7) is 0.718.